The second kappa shape index (κ2) is 6.64. The van der Waals surface area contributed by atoms with Crippen LogP contribution >= 0.6 is 11.6 Å². The molecule has 3 rings (SSSR count). The summed E-state index contributed by atoms with van der Waals surface area (Å²) >= 11 is 6.12. The minimum atomic E-state index is -0.571. The molecule has 120 valence electrons. The number of aryl methyl sites for hydroxylation is 1. The van der Waals surface area contributed by atoms with Crippen LogP contribution in [0.25, 0.3) is 11.4 Å². The molecule has 0 aliphatic heterocycles. The molecular formula is C17H14ClN5O. The van der Waals surface area contributed by atoms with Gasteiger partial charge in [0.1, 0.15) is 5.82 Å². The van der Waals surface area contributed by atoms with E-state index in [1.807, 2.05) is 37.3 Å². The van der Waals surface area contributed by atoms with Gasteiger partial charge in [-0.3, -0.25) is 4.79 Å². The molecule has 0 spiro atoms. The van der Waals surface area contributed by atoms with E-state index in [1.54, 1.807) is 6.20 Å². The van der Waals surface area contributed by atoms with Crippen molar-refractivity contribution < 1.29 is 4.79 Å². The number of halogens is 1. The lowest BCUT2D eigenvalue weighted by atomic mass is 10.2. The van der Waals surface area contributed by atoms with Gasteiger partial charge in [-0.15, -0.1) is 0 Å². The summed E-state index contributed by atoms with van der Waals surface area (Å²) in [4.78, 5) is 23.9. The van der Waals surface area contributed by atoms with E-state index in [4.69, 9.17) is 17.3 Å². The Labute approximate surface area is 143 Å². The molecule has 0 fully saturated rings. The fraction of sp³-hybridized carbons (Fsp3) is 0.0588. The van der Waals surface area contributed by atoms with Gasteiger partial charge in [-0.05, 0) is 43.3 Å². The van der Waals surface area contributed by atoms with Crippen molar-refractivity contribution in [2.75, 3.05) is 5.32 Å². The molecule has 0 saturated carbocycles. The number of rotatable bonds is 4. The highest BCUT2D eigenvalue weighted by molar-refractivity contribution is 6.33. The average molecular weight is 340 g/mol. The fourth-order valence-corrected chi connectivity index (χ4v) is 2.31. The Morgan fingerprint density at radius 1 is 1.17 bits per heavy atom. The number of primary amides is 1. The van der Waals surface area contributed by atoms with Crippen LogP contribution in [-0.2, 0) is 0 Å². The Kier molecular flexibility index (Phi) is 4.39. The molecule has 1 aromatic carbocycles. The lowest BCUT2D eigenvalue weighted by Gasteiger charge is -2.09. The molecular weight excluding hydrogens is 326 g/mol. The van der Waals surface area contributed by atoms with Gasteiger partial charge in [-0.1, -0.05) is 11.6 Å². The molecule has 0 atom stereocenters. The van der Waals surface area contributed by atoms with Crippen molar-refractivity contribution in [2.24, 2.45) is 5.73 Å². The molecule has 2 aromatic heterocycles. The predicted octanol–water partition coefficient (Wildman–Crippen LogP) is 3.34. The van der Waals surface area contributed by atoms with Crippen LogP contribution in [0.15, 0.2) is 48.8 Å². The highest BCUT2D eigenvalue weighted by Gasteiger charge is 2.08. The number of carbonyl (C=O) groups excluding carboxylic acids is 1. The Hall–Kier alpha value is -2.99. The van der Waals surface area contributed by atoms with Crippen LogP contribution in [0.5, 0.6) is 0 Å². The molecule has 2 heterocycles. The van der Waals surface area contributed by atoms with E-state index in [9.17, 15) is 4.79 Å². The summed E-state index contributed by atoms with van der Waals surface area (Å²) in [6, 6.07) is 10.9. The van der Waals surface area contributed by atoms with Crippen molar-refractivity contribution >= 4 is 29.0 Å². The maximum Gasteiger partial charge on any atom is 0.250 e. The Morgan fingerprint density at radius 3 is 2.54 bits per heavy atom. The van der Waals surface area contributed by atoms with Gasteiger partial charge in [-0.2, -0.15) is 0 Å². The minimum absolute atomic E-state index is 0.262. The minimum Gasteiger partial charge on any atom is -0.366 e. The normalized spacial score (nSPS) is 10.4. The number of benzene rings is 1. The van der Waals surface area contributed by atoms with E-state index < -0.39 is 5.91 Å². The summed E-state index contributed by atoms with van der Waals surface area (Å²) < 4.78 is 0. The lowest BCUT2D eigenvalue weighted by molar-refractivity contribution is 0.1000. The molecule has 0 saturated heterocycles. The average Bonchev–Trinajstić information content (AvgIpc) is 2.57. The summed E-state index contributed by atoms with van der Waals surface area (Å²) in [6.07, 6.45) is 3.11. The topological polar surface area (TPSA) is 93.8 Å². The highest BCUT2D eigenvalue weighted by atomic mass is 35.5. The molecule has 3 N–H and O–H groups in total. The molecule has 6 nitrogen and oxygen atoms in total. The third-order valence-electron chi connectivity index (χ3n) is 3.33. The first-order valence-electron chi connectivity index (χ1n) is 7.15. The second-order valence-electron chi connectivity index (χ2n) is 5.14. The highest BCUT2D eigenvalue weighted by Crippen LogP contribution is 2.25. The zero-order valence-electron chi connectivity index (χ0n) is 12.8. The number of nitrogens with two attached hydrogens (primary N) is 1. The van der Waals surface area contributed by atoms with Crippen LogP contribution in [0, 0.1) is 6.92 Å². The maximum atomic E-state index is 11.1. The standard InChI is InChI=1S/C17H14ClN5O/c1-10-6-7-20-16(22-10)11-2-4-13(5-3-11)23-17-14(18)8-12(9-21-17)15(19)24/h2-9H,1H3,(H2,19,24)(H,21,23). The van der Waals surface area contributed by atoms with E-state index in [0.717, 1.165) is 16.9 Å². The van der Waals surface area contributed by atoms with Crippen LogP contribution in [0.2, 0.25) is 5.02 Å². The van der Waals surface area contributed by atoms with Crippen LogP contribution in [0.1, 0.15) is 16.1 Å². The van der Waals surface area contributed by atoms with Crippen molar-refractivity contribution in [3.05, 3.63) is 65.1 Å². The van der Waals surface area contributed by atoms with E-state index >= 15 is 0 Å². The predicted molar refractivity (Wildman–Crippen MR) is 93.3 cm³/mol. The van der Waals surface area contributed by atoms with Crippen molar-refractivity contribution in [1.82, 2.24) is 15.0 Å². The number of carbonyl (C=O) groups is 1. The van der Waals surface area contributed by atoms with Crippen LogP contribution < -0.4 is 11.1 Å². The molecule has 0 aliphatic rings. The van der Waals surface area contributed by atoms with E-state index in [2.05, 4.69) is 20.3 Å². The molecule has 0 unspecified atom stereocenters. The number of aromatic nitrogens is 3. The molecule has 0 radical (unpaired) electrons. The zero-order valence-corrected chi connectivity index (χ0v) is 13.6. The third-order valence-corrected chi connectivity index (χ3v) is 3.61. The number of pyridine rings is 1. The summed E-state index contributed by atoms with van der Waals surface area (Å²) in [7, 11) is 0. The first-order chi connectivity index (χ1) is 11.5. The summed E-state index contributed by atoms with van der Waals surface area (Å²) in [5.74, 6) is 0.545. The first-order valence-corrected chi connectivity index (χ1v) is 7.53. The molecule has 0 bridgehead atoms. The number of hydrogen-bond acceptors (Lipinski definition) is 5. The van der Waals surface area contributed by atoms with Crippen LogP contribution in [0.3, 0.4) is 0 Å². The van der Waals surface area contributed by atoms with Gasteiger partial charge in [0.2, 0.25) is 5.91 Å². The molecule has 0 aliphatic carbocycles. The first kappa shape index (κ1) is 15.9. The van der Waals surface area contributed by atoms with E-state index in [-0.39, 0.29) is 5.56 Å². The molecule has 7 heteroatoms. The third kappa shape index (κ3) is 3.49. The number of amides is 1. The summed E-state index contributed by atoms with van der Waals surface area (Å²) in [5.41, 5.74) is 8.08. The summed E-state index contributed by atoms with van der Waals surface area (Å²) in [5, 5.41) is 3.41. The Balaban J connectivity index is 1.81. The zero-order chi connectivity index (χ0) is 17.1. The number of nitrogens with zero attached hydrogens (tertiary/aromatic N) is 3. The van der Waals surface area contributed by atoms with E-state index in [0.29, 0.717) is 16.7 Å². The number of anilines is 2. The van der Waals surface area contributed by atoms with Crippen molar-refractivity contribution in [1.29, 1.82) is 0 Å². The summed E-state index contributed by atoms with van der Waals surface area (Å²) in [6.45, 7) is 1.92. The van der Waals surface area contributed by atoms with Crippen molar-refractivity contribution in [3.8, 4) is 11.4 Å². The Morgan fingerprint density at radius 2 is 1.92 bits per heavy atom. The largest absolute Gasteiger partial charge is 0.366 e. The van der Waals surface area contributed by atoms with Crippen molar-refractivity contribution in [3.63, 3.8) is 0 Å². The van der Waals surface area contributed by atoms with Gasteiger partial charge < -0.3 is 11.1 Å². The van der Waals surface area contributed by atoms with Gasteiger partial charge in [-0.25, -0.2) is 15.0 Å². The Bertz CT molecular complexity index is 896. The van der Waals surface area contributed by atoms with Gasteiger partial charge in [0.15, 0.2) is 5.82 Å². The van der Waals surface area contributed by atoms with Gasteiger partial charge in [0.25, 0.3) is 0 Å². The lowest BCUT2D eigenvalue weighted by Crippen LogP contribution is -2.11. The van der Waals surface area contributed by atoms with Crippen LogP contribution in [0.4, 0.5) is 11.5 Å². The van der Waals surface area contributed by atoms with Gasteiger partial charge in [0.05, 0.1) is 10.6 Å². The molecule has 1 amide bonds. The van der Waals surface area contributed by atoms with Crippen LogP contribution in [-0.4, -0.2) is 20.9 Å². The number of hydrogen-bond donors (Lipinski definition) is 2. The smallest absolute Gasteiger partial charge is 0.250 e. The second-order valence-corrected chi connectivity index (χ2v) is 5.55. The molecule has 3 aromatic rings. The van der Waals surface area contributed by atoms with Gasteiger partial charge >= 0.3 is 0 Å². The SMILES string of the molecule is Cc1ccnc(-c2ccc(Nc3ncc(C(N)=O)cc3Cl)cc2)n1. The van der Waals surface area contributed by atoms with Crippen molar-refractivity contribution in [2.45, 2.75) is 6.92 Å². The number of nitrogens with one attached hydrogen (secondary N) is 1. The maximum absolute atomic E-state index is 11.1. The van der Waals surface area contributed by atoms with Gasteiger partial charge in [0, 0.05) is 29.3 Å². The fourth-order valence-electron chi connectivity index (χ4n) is 2.09. The van der Waals surface area contributed by atoms with E-state index in [1.165, 1.54) is 12.3 Å². The quantitative estimate of drug-likeness (QED) is 0.760. The molecule has 24 heavy (non-hydrogen) atoms. The monoisotopic (exact) mass is 339 g/mol.